The Morgan fingerprint density at radius 2 is 0.882 bits per heavy atom. The van der Waals surface area contributed by atoms with E-state index in [0.717, 1.165) is 0 Å². The summed E-state index contributed by atoms with van der Waals surface area (Å²) in [6, 6.07) is -31.8. The van der Waals surface area contributed by atoms with Gasteiger partial charge in [0.05, 0.1) is 48.2 Å². The summed E-state index contributed by atoms with van der Waals surface area (Å²) in [7, 11) is 0. The normalized spacial score (nSPS) is 20.0. The molecule has 3 heteroatoms. The van der Waals surface area contributed by atoms with E-state index in [2.05, 4.69) is 0 Å². The molecule has 0 radical (unpaired) electrons. The van der Waals surface area contributed by atoms with Gasteiger partial charge in [-0.1, -0.05) is 145 Å². The van der Waals surface area contributed by atoms with Crippen LogP contribution in [0.2, 0.25) is 0 Å². The number of furan rings is 2. The molecule has 0 unspecified atom stereocenters. The first-order valence-corrected chi connectivity index (χ1v) is 14.7. The zero-order valence-electron chi connectivity index (χ0n) is 56.3. The van der Waals surface area contributed by atoms with Gasteiger partial charge in [0.2, 0.25) is 0 Å². The van der Waals surface area contributed by atoms with Crippen molar-refractivity contribution in [3.63, 3.8) is 0 Å². The Hall–Kier alpha value is -6.84. The predicted octanol–water partition coefficient (Wildman–Crippen LogP) is 14.0. The number of fused-ring (bicyclic) bond motifs is 6. The average molecular weight is 685 g/mol. The van der Waals surface area contributed by atoms with E-state index in [-0.39, 0.29) is 0 Å². The van der Waals surface area contributed by atoms with Gasteiger partial charge in [-0.15, -0.1) is 0 Å². The second-order valence-corrected chi connectivity index (χ2v) is 10.5. The first kappa shape index (κ1) is 11.6. The topological polar surface area (TPSA) is 29.5 Å². The van der Waals surface area contributed by atoms with Crippen molar-refractivity contribution in [2.24, 2.45) is 0 Å². The second-order valence-electron chi connectivity index (χ2n) is 10.5. The molecule has 8 aromatic carbocycles. The van der Waals surface area contributed by atoms with Gasteiger partial charge in [0.25, 0.3) is 0 Å². The van der Waals surface area contributed by atoms with Crippen LogP contribution in [0.15, 0.2) is 196 Å². The van der Waals surface area contributed by atoms with Crippen LogP contribution in [-0.2, 0) is 0 Å². The molecule has 0 saturated heterocycles. The lowest BCUT2D eigenvalue weighted by molar-refractivity contribution is 0.665. The van der Waals surface area contributed by atoms with Crippen molar-refractivity contribution in [2.75, 3.05) is 4.90 Å². The highest BCUT2D eigenvalue weighted by Crippen LogP contribution is 2.48. The molecule has 0 atom stereocenters. The molecule has 3 nitrogen and oxygen atoms in total. The van der Waals surface area contributed by atoms with E-state index in [4.69, 9.17) is 34.9 Å². The fraction of sp³-hybridized carbons (Fsp3) is 0. The van der Waals surface area contributed by atoms with Crippen molar-refractivity contribution in [1.82, 2.24) is 0 Å². The monoisotopic (exact) mass is 684 g/mol. The van der Waals surface area contributed by atoms with Crippen LogP contribution in [0, 0.1) is 0 Å². The molecule has 51 heavy (non-hydrogen) atoms. The third-order valence-electron chi connectivity index (χ3n) is 7.69. The van der Waals surface area contributed by atoms with E-state index >= 15 is 0 Å². The fourth-order valence-electron chi connectivity index (χ4n) is 5.54. The van der Waals surface area contributed by atoms with E-state index in [1.165, 1.54) is 0 Å². The van der Waals surface area contributed by atoms with E-state index < -0.39 is 282 Å². The van der Waals surface area contributed by atoms with Crippen LogP contribution >= 0.6 is 0 Å². The highest BCUT2D eigenvalue weighted by atomic mass is 16.3. The molecule has 0 fully saturated rings. The molecule has 0 saturated carbocycles. The molecular weight excluding hydrogens is 623 g/mol. The van der Waals surface area contributed by atoms with E-state index in [9.17, 15) is 16.4 Å². The van der Waals surface area contributed by atoms with E-state index in [1.54, 1.807) is 0 Å². The Labute approximate surface area is 338 Å². The first-order chi connectivity index (χ1) is 38.2. The third kappa shape index (κ3) is 4.90. The van der Waals surface area contributed by atoms with Crippen molar-refractivity contribution < 1.29 is 51.3 Å². The van der Waals surface area contributed by atoms with Gasteiger partial charge in [0, 0.05) is 38.5 Å². The Balaban J connectivity index is 1.47. The maximum atomic E-state index is 9.71. The second kappa shape index (κ2) is 11.9. The largest absolute Gasteiger partial charge is 0.456 e. The fourth-order valence-corrected chi connectivity index (χ4v) is 5.54. The maximum absolute atomic E-state index is 9.71. The van der Waals surface area contributed by atoms with Gasteiger partial charge in [-0.2, -0.15) is 0 Å². The number of anilines is 3. The summed E-state index contributed by atoms with van der Waals surface area (Å²) in [4.78, 5) is 0.368. The quantitative estimate of drug-likeness (QED) is 0.175. The smallest absolute Gasteiger partial charge is 0.159 e. The lowest BCUT2D eigenvalue weighted by atomic mass is 9.96. The molecule has 0 aliphatic rings. The molecule has 10 rings (SSSR count). The number of hydrogen-bond donors (Lipinski definition) is 0. The van der Waals surface area contributed by atoms with Crippen LogP contribution in [0.25, 0.3) is 77.3 Å². The summed E-state index contributed by atoms with van der Waals surface area (Å²) in [6.45, 7) is 0. The number of benzene rings is 8. The van der Waals surface area contributed by atoms with Crippen LogP contribution < -0.4 is 4.90 Å². The molecule has 0 aliphatic carbocycles. The van der Waals surface area contributed by atoms with Crippen LogP contribution in [0.4, 0.5) is 17.1 Å². The standard InChI is InChI=1S/C48H31NO2/c1-4-13-32(14-5-1)34-23-27-37(28-24-34)49(38-29-25-35(26-30-38)33-15-6-2-7-16-33)42-21-12-20-39-41-31-44-46(40-19-10-11-22-43(40)50-44)45(48(41)51-47(39)42)36-17-8-3-9-18-36/h1-31H/i1D,2D,3D,4D,5D,6D,7D,8D,9D,10D,11D,12D,13D,14D,15D,16D,17D,18D,19D,20D,21D,22D,23D,24D,25D,26D,27D,28D,29D,30D,31D. The van der Waals surface area contributed by atoms with Crippen LogP contribution in [0.1, 0.15) is 42.5 Å². The summed E-state index contributed by atoms with van der Waals surface area (Å²) in [5.74, 6) is 0. The predicted molar refractivity (Wildman–Crippen MR) is 212 cm³/mol. The van der Waals surface area contributed by atoms with Crippen LogP contribution in [0.5, 0.6) is 0 Å². The lowest BCUT2D eigenvalue weighted by Crippen LogP contribution is -2.10. The van der Waals surface area contributed by atoms with Gasteiger partial charge in [-0.25, -0.2) is 0 Å². The molecule has 0 amide bonds. The van der Waals surface area contributed by atoms with Crippen molar-refractivity contribution in [1.29, 1.82) is 0 Å². The molecule has 0 bridgehead atoms. The molecule has 0 spiro atoms. The highest BCUT2D eigenvalue weighted by Gasteiger charge is 2.24. The number of rotatable bonds is 6. The minimum atomic E-state index is -1.28. The Kier molecular flexibility index (Phi) is 2.72. The Morgan fingerprint density at radius 1 is 0.373 bits per heavy atom. The van der Waals surface area contributed by atoms with E-state index in [1.807, 2.05) is 0 Å². The van der Waals surface area contributed by atoms with Crippen molar-refractivity contribution in [3.05, 3.63) is 187 Å². The zero-order chi connectivity index (χ0) is 60.7. The van der Waals surface area contributed by atoms with Gasteiger partial charge >= 0.3 is 0 Å². The van der Waals surface area contributed by atoms with Crippen molar-refractivity contribution in [3.8, 4) is 33.4 Å². The zero-order valence-corrected chi connectivity index (χ0v) is 25.3. The highest BCUT2D eigenvalue weighted by molar-refractivity contribution is 6.24. The average Bonchev–Trinajstić information content (AvgIpc) is 4.18. The summed E-state index contributed by atoms with van der Waals surface area (Å²) in [6.07, 6.45) is 0. The number of hydrogen-bond acceptors (Lipinski definition) is 3. The Morgan fingerprint density at radius 3 is 1.49 bits per heavy atom. The third-order valence-corrected chi connectivity index (χ3v) is 7.69. The van der Waals surface area contributed by atoms with Gasteiger partial charge in [-0.3, -0.25) is 0 Å². The summed E-state index contributed by atoms with van der Waals surface area (Å²) < 4.78 is 289. The molecule has 10 aromatic rings. The summed E-state index contributed by atoms with van der Waals surface area (Å²) in [5, 5.41) is -2.44. The first-order valence-electron chi connectivity index (χ1n) is 30.2. The number of nitrogens with zero attached hydrogens (tertiary/aromatic N) is 1. The minimum absolute atomic E-state index is 0.368. The maximum Gasteiger partial charge on any atom is 0.159 e. The van der Waals surface area contributed by atoms with Gasteiger partial charge in [0.15, 0.2) is 5.58 Å². The van der Waals surface area contributed by atoms with Crippen molar-refractivity contribution >= 4 is 60.9 Å². The summed E-state index contributed by atoms with van der Waals surface area (Å²) >= 11 is 0. The van der Waals surface area contributed by atoms with Crippen molar-refractivity contribution in [2.45, 2.75) is 0 Å². The molecule has 0 N–H and O–H groups in total. The molecule has 0 aliphatic heterocycles. The SMILES string of the molecule is [2H]c1c([2H])c([2H])c(-c2c([2H])c([2H])c(N(c3c([2H])c([2H])c(-c4c([2H])c([2H])c([2H])c([2H])c4[2H])c([2H])c3[2H])c3c([2H])c([2H])c([2H])c4c3oc3c(-c5c([2H])c([2H])c([2H])c([2H])c5[2H])c5c(oc6c([2H])c([2H])c([2H])c([2H])c65)c([2H])c34)c([2H])c2[2H])c([2H])c1[2H]. The molecule has 240 valence electrons. The minimum Gasteiger partial charge on any atom is -0.456 e. The Bertz CT molecular complexity index is 4380. The van der Waals surface area contributed by atoms with E-state index in [0.29, 0.717) is 4.90 Å². The van der Waals surface area contributed by atoms with Gasteiger partial charge in [-0.05, 0) is 70.1 Å². The van der Waals surface area contributed by atoms with Crippen LogP contribution in [-0.4, -0.2) is 0 Å². The van der Waals surface area contributed by atoms with Crippen LogP contribution in [0.3, 0.4) is 0 Å². The van der Waals surface area contributed by atoms with Gasteiger partial charge < -0.3 is 13.7 Å². The van der Waals surface area contributed by atoms with Gasteiger partial charge in [0.1, 0.15) is 16.7 Å². The summed E-state index contributed by atoms with van der Waals surface area (Å²) in [5.41, 5.74) is -11.3. The molecule has 2 aromatic heterocycles. The lowest BCUT2D eigenvalue weighted by Gasteiger charge is -2.26. The molecule has 2 heterocycles. The number of para-hydroxylation sites is 2. The molecular formula is C48H31NO2.